The predicted molar refractivity (Wildman–Crippen MR) is 86.8 cm³/mol. The van der Waals surface area contributed by atoms with Crippen molar-refractivity contribution in [2.75, 3.05) is 25.0 Å². The summed E-state index contributed by atoms with van der Waals surface area (Å²) in [5.41, 5.74) is 0.503. The van der Waals surface area contributed by atoms with Gasteiger partial charge in [-0.25, -0.2) is 0 Å². The van der Waals surface area contributed by atoms with E-state index in [4.69, 9.17) is 23.2 Å². The van der Waals surface area contributed by atoms with E-state index in [1.54, 1.807) is 18.9 Å². The molecular formula is C14H17Cl2N3O3. The van der Waals surface area contributed by atoms with Crippen LogP contribution in [0.25, 0.3) is 0 Å². The lowest BCUT2D eigenvalue weighted by Gasteiger charge is -2.38. The Kier molecular flexibility index (Phi) is 5.13. The molecule has 0 aliphatic carbocycles. The number of rotatable bonds is 3. The molecule has 1 saturated heterocycles. The molecule has 0 bridgehead atoms. The van der Waals surface area contributed by atoms with Gasteiger partial charge in [-0.2, -0.15) is 0 Å². The Hall–Kier alpha value is -1.53. The summed E-state index contributed by atoms with van der Waals surface area (Å²) in [7, 11) is 1.80. The molecular weight excluding hydrogens is 329 g/mol. The van der Waals surface area contributed by atoms with Crippen molar-refractivity contribution in [3.63, 3.8) is 0 Å². The van der Waals surface area contributed by atoms with Crippen molar-refractivity contribution < 1.29 is 9.72 Å². The highest BCUT2D eigenvalue weighted by Gasteiger charge is 2.27. The molecule has 0 spiro atoms. The highest BCUT2D eigenvalue weighted by molar-refractivity contribution is 6.39. The average molecular weight is 346 g/mol. The number of benzene rings is 1. The minimum atomic E-state index is -0.518. The van der Waals surface area contributed by atoms with Crippen LogP contribution in [-0.2, 0) is 4.79 Å². The number of hydrogen-bond acceptors (Lipinski definition) is 4. The van der Waals surface area contributed by atoms with Crippen molar-refractivity contribution in [3.8, 4) is 0 Å². The number of nitro benzene ring substituents is 1. The third-order valence-corrected chi connectivity index (χ3v) is 4.61. The number of halogens is 2. The van der Waals surface area contributed by atoms with Gasteiger partial charge >= 0.3 is 0 Å². The van der Waals surface area contributed by atoms with Crippen LogP contribution in [0.5, 0.6) is 0 Å². The number of piperidine rings is 1. The van der Waals surface area contributed by atoms with Crippen LogP contribution in [0.2, 0.25) is 10.0 Å². The summed E-state index contributed by atoms with van der Waals surface area (Å²) >= 11 is 12.3. The molecule has 0 saturated carbocycles. The number of nitrogens with zero attached hydrogens (tertiary/aromatic N) is 3. The summed E-state index contributed by atoms with van der Waals surface area (Å²) in [6.45, 7) is 2.94. The van der Waals surface area contributed by atoms with Gasteiger partial charge in [-0.1, -0.05) is 23.2 Å². The summed E-state index contributed by atoms with van der Waals surface area (Å²) in [5.74, 6) is 0.0462. The fraction of sp³-hybridized carbons (Fsp3) is 0.500. The molecule has 1 heterocycles. The van der Waals surface area contributed by atoms with Crippen LogP contribution in [0.1, 0.15) is 19.8 Å². The Labute approximate surface area is 138 Å². The highest BCUT2D eigenvalue weighted by atomic mass is 35.5. The van der Waals surface area contributed by atoms with E-state index >= 15 is 0 Å². The highest BCUT2D eigenvalue weighted by Crippen LogP contribution is 2.38. The molecule has 6 nitrogen and oxygen atoms in total. The lowest BCUT2D eigenvalue weighted by Crippen LogP contribution is -2.45. The summed E-state index contributed by atoms with van der Waals surface area (Å²) in [6.07, 6.45) is 1.61. The third kappa shape index (κ3) is 3.44. The normalized spacial score (nSPS) is 15.7. The summed E-state index contributed by atoms with van der Waals surface area (Å²) < 4.78 is 0. The molecule has 8 heteroatoms. The number of non-ortho nitro benzene ring substituents is 1. The van der Waals surface area contributed by atoms with E-state index in [0.29, 0.717) is 18.8 Å². The van der Waals surface area contributed by atoms with E-state index in [1.165, 1.54) is 12.1 Å². The second-order valence-corrected chi connectivity index (χ2v) is 6.18. The van der Waals surface area contributed by atoms with E-state index in [-0.39, 0.29) is 27.7 Å². The topological polar surface area (TPSA) is 66.7 Å². The second-order valence-electron chi connectivity index (χ2n) is 5.36. The average Bonchev–Trinajstić information content (AvgIpc) is 2.46. The zero-order valence-electron chi connectivity index (χ0n) is 12.4. The van der Waals surface area contributed by atoms with E-state index in [2.05, 4.69) is 0 Å². The first kappa shape index (κ1) is 16.8. The molecule has 1 amide bonds. The van der Waals surface area contributed by atoms with Crippen LogP contribution in [0.4, 0.5) is 11.4 Å². The maximum atomic E-state index is 11.4. The molecule has 1 fully saturated rings. The smallest absolute Gasteiger partial charge is 0.272 e. The van der Waals surface area contributed by atoms with Crippen molar-refractivity contribution in [2.24, 2.45) is 0 Å². The van der Waals surface area contributed by atoms with Gasteiger partial charge in [-0.05, 0) is 12.8 Å². The van der Waals surface area contributed by atoms with Crippen molar-refractivity contribution in [3.05, 3.63) is 32.3 Å². The van der Waals surface area contributed by atoms with Gasteiger partial charge in [0.15, 0.2) is 0 Å². The molecule has 0 radical (unpaired) electrons. The quantitative estimate of drug-likeness (QED) is 0.622. The van der Waals surface area contributed by atoms with Crippen LogP contribution in [0.3, 0.4) is 0 Å². The van der Waals surface area contributed by atoms with Crippen LogP contribution in [0, 0.1) is 10.1 Å². The largest absolute Gasteiger partial charge is 0.369 e. The van der Waals surface area contributed by atoms with E-state index in [0.717, 1.165) is 12.8 Å². The Balaban J connectivity index is 2.15. The van der Waals surface area contributed by atoms with Gasteiger partial charge in [0.1, 0.15) is 0 Å². The Morgan fingerprint density at radius 2 is 1.82 bits per heavy atom. The van der Waals surface area contributed by atoms with Gasteiger partial charge in [0.05, 0.1) is 20.7 Å². The van der Waals surface area contributed by atoms with Gasteiger partial charge in [0.25, 0.3) is 5.69 Å². The lowest BCUT2D eigenvalue weighted by molar-refractivity contribution is -0.384. The first-order valence-corrected chi connectivity index (χ1v) is 7.68. The first-order chi connectivity index (χ1) is 10.3. The molecule has 0 unspecified atom stereocenters. The monoisotopic (exact) mass is 345 g/mol. The minimum absolute atomic E-state index is 0.0462. The number of carbonyl (C=O) groups excluding carboxylic acids is 1. The summed E-state index contributed by atoms with van der Waals surface area (Å²) in [6, 6.07) is 2.83. The Bertz CT molecular complexity index is 578. The Morgan fingerprint density at radius 1 is 1.32 bits per heavy atom. The maximum Gasteiger partial charge on any atom is 0.272 e. The van der Waals surface area contributed by atoms with Gasteiger partial charge < -0.3 is 9.80 Å². The molecule has 0 N–H and O–H groups in total. The van der Waals surface area contributed by atoms with Gasteiger partial charge in [-0.15, -0.1) is 0 Å². The summed E-state index contributed by atoms with van der Waals surface area (Å²) in [5, 5.41) is 11.4. The zero-order valence-corrected chi connectivity index (χ0v) is 13.9. The van der Waals surface area contributed by atoms with Gasteiger partial charge in [0, 0.05) is 45.2 Å². The number of hydrogen-bond donors (Lipinski definition) is 0. The minimum Gasteiger partial charge on any atom is -0.369 e. The zero-order chi connectivity index (χ0) is 16.4. The predicted octanol–water partition coefficient (Wildman–Crippen LogP) is 3.35. The number of carbonyl (C=O) groups is 1. The second kappa shape index (κ2) is 6.71. The van der Waals surface area contributed by atoms with Crippen molar-refractivity contribution in [2.45, 2.75) is 25.8 Å². The Morgan fingerprint density at radius 3 is 2.23 bits per heavy atom. The molecule has 0 aromatic heterocycles. The van der Waals surface area contributed by atoms with E-state index in [1.807, 2.05) is 4.90 Å². The van der Waals surface area contributed by atoms with E-state index < -0.39 is 4.92 Å². The molecule has 1 aromatic carbocycles. The SMILES string of the molecule is CC(=O)N(C)C1CCN(c2c(Cl)cc([N+](=O)[O-])cc2Cl)CC1. The number of nitro groups is 1. The van der Waals surface area contributed by atoms with Crippen molar-refractivity contribution >= 4 is 40.5 Å². The van der Waals surface area contributed by atoms with Crippen molar-refractivity contribution in [1.29, 1.82) is 0 Å². The number of anilines is 1. The van der Waals surface area contributed by atoms with E-state index in [9.17, 15) is 14.9 Å². The fourth-order valence-electron chi connectivity index (χ4n) is 2.69. The van der Waals surface area contributed by atoms with Crippen LogP contribution < -0.4 is 4.90 Å². The van der Waals surface area contributed by atoms with Crippen molar-refractivity contribution in [1.82, 2.24) is 4.90 Å². The van der Waals surface area contributed by atoms with Crippen LogP contribution in [0.15, 0.2) is 12.1 Å². The molecule has 120 valence electrons. The molecule has 1 aromatic rings. The fourth-order valence-corrected chi connectivity index (χ4v) is 3.41. The van der Waals surface area contributed by atoms with Gasteiger partial charge in [0.2, 0.25) is 5.91 Å². The third-order valence-electron chi connectivity index (χ3n) is 4.04. The maximum absolute atomic E-state index is 11.4. The number of amides is 1. The first-order valence-electron chi connectivity index (χ1n) is 6.93. The van der Waals surface area contributed by atoms with Crippen LogP contribution >= 0.6 is 23.2 Å². The molecule has 1 aliphatic heterocycles. The standard InChI is InChI=1S/C14H17Cl2N3O3/c1-9(20)17(2)10-3-5-18(6-4-10)14-12(15)7-11(19(21)22)8-13(14)16/h7-8,10H,3-6H2,1-2H3. The molecule has 1 aliphatic rings. The van der Waals surface area contributed by atoms with Crippen LogP contribution in [-0.4, -0.2) is 41.9 Å². The van der Waals surface area contributed by atoms with Gasteiger partial charge in [-0.3, -0.25) is 14.9 Å². The molecule has 0 atom stereocenters. The molecule has 22 heavy (non-hydrogen) atoms. The summed E-state index contributed by atoms with van der Waals surface area (Å²) in [4.78, 5) is 25.5. The molecule has 2 rings (SSSR count). The lowest BCUT2D eigenvalue weighted by atomic mass is 10.0.